The minimum absolute atomic E-state index is 0.124. The van der Waals surface area contributed by atoms with E-state index < -0.39 is 23.3 Å². The van der Waals surface area contributed by atoms with Gasteiger partial charge in [0.25, 0.3) is 6.43 Å². The van der Waals surface area contributed by atoms with Gasteiger partial charge in [0.15, 0.2) is 5.78 Å². The van der Waals surface area contributed by atoms with Gasteiger partial charge in [-0.2, -0.15) is 5.26 Å². The second kappa shape index (κ2) is 8.64. The van der Waals surface area contributed by atoms with Crippen LogP contribution in [0.2, 0.25) is 0 Å². The van der Waals surface area contributed by atoms with E-state index in [1.54, 1.807) is 18.2 Å². The summed E-state index contributed by atoms with van der Waals surface area (Å²) in [6.07, 6.45) is -0.465. The Morgan fingerprint density at radius 1 is 1.21 bits per heavy atom. The number of Topliss-reactive ketones (excluding diaryl/α,β-unsaturated/α-hetero) is 1. The molecule has 0 heterocycles. The Bertz CT molecular complexity index is 1060. The lowest BCUT2D eigenvalue weighted by molar-refractivity contribution is -0.115. The van der Waals surface area contributed by atoms with Gasteiger partial charge in [-0.05, 0) is 36.2 Å². The average Bonchev–Trinajstić information content (AvgIpc) is 3.07. The van der Waals surface area contributed by atoms with Crippen LogP contribution in [-0.2, 0) is 15.6 Å². The number of nitrogens with two attached hydrogens (primary N) is 1. The van der Waals surface area contributed by atoms with Crippen molar-refractivity contribution in [3.63, 3.8) is 0 Å². The molecular formula is C21H19F2N3O2S. The maximum absolute atomic E-state index is 13.0. The summed E-state index contributed by atoms with van der Waals surface area (Å²) in [5, 5.41) is 12.1. The Hall–Kier alpha value is -2.89. The fraction of sp³-hybridized carbons (Fsp3) is 0.238. The molecule has 1 aliphatic carbocycles. The molecule has 0 fully saturated rings. The maximum Gasteiger partial charge on any atom is 0.263 e. The molecule has 2 aromatic carbocycles. The van der Waals surface area contributed by atoms with Crippen molar-refractivity contribution >= 4 is 22.3 Å². The number of benzene rings is 2. The van der Waals surface area contributed by atoms with E-state index in [9.17, 15) is 17.8 Å². The van der Waals surface area contributed by atoms with E-state index >= 15 is 0 Å². The largest absolute Gasteiger partial charge is 0.358 e. The van der Waals surface area contributed by atoms with Gasteiger partial charge >= 0.3 is 0 Å². The van der Waals surface area contributed by atoms with Crippen molar-refractivity contribution < 1.29 is 17.8 Å². The van der Waals surface area contributed by atoms with Gasteiger partial charge in [-0.1, -0.05) is 18.2 Å². The first-order chi connectivity index (χ1) is 13.8. The molecule has 0 bridgehead atoms. The number of alkyl halides is 2. The summed E-state index contributed by atoms with van der Waals surface area (Å²) >= 11 is 0. The Balaban J connectivity index is 2.01. The molecule has 0 amide bonds. The number of carbonyl (C=O) groups excluding carboxylic acids is 1. The third-order valence-electron chi connectivity index (χ3n) is 4.76. The van der Waals surface area contributed by atoms with Gasteiger partial charge in [0.05, 0.1) is 28.5 Å². The van der Waals surface area contributed by atoms with Gasteiger partial charge in [-0.25, -0.2) is 8.78 Å². The lowest BCUT2D eigenvalue weighted by Gasteiger charge is -2.19. The van der Waals surface area contributed by atoms with Crippen LogP contribution in [0.5, 0.6) is 0 Å². The van der Waals surface area contributed by atoms with Gasteiger partial charge in [-0.15, -0.1) is 0 Å². The highest BCUT2D eigenvalue weighted by Gasteiger charge is 2.30. The van der Waals surface area contributed by atoms with Crippen LogP contribution in [0.4, 0.5) is 14.5 Å². The van der Waals surface area contributed by atoms with Crippen molar-refractivity contribution in [3.8, 4) is 6.07 Å². The van der Waals surface area contributed by atoms with Crippen LogP contribution < -0.4 is 11.1 Å². The number of hydrogen-bond donors (Lipinski definition) is 2. The van der Waals surface area contributed by atoms with E-state index in [-0.39, 0.29) is 17.8 Å². The molecule has 150 valence electrons. The van der Waals surface area contributed by atoms with Gasteiger partial charge < -0.3 is 11.1 Å². The first-order valence-corrected chi connectivity index (χ1v) is 10.4. The molecule has 0 radical (unpaired) electrons. The summed E-state index contributed by atoms with van der Waals surface area (Å²) in [5.74, 6) is -0.151. The standard InChI is InChI=1S/C21H19F2N3O2S/c1-29(28)18-9-12(11-24)5-6-15(18)20(25)19-16(7-8-17(19)27)26-14-4-2-3-13(10-14)21(22)23/h2-6,9-10,20-21,26H,7-8,25H2,1H3. The van der Waals surface area contributed by atoms with Gasteiger partial charge in [0.1, 0.15) is 0 Å². The molecule has 2 unspecified atom stereocenters. The van der Waals surface area contributed by atoms with Crippen molar-refractivity contribution in [1.82, 2.24) is 0 Å². The van der Waals surface area contributed by atoms with Crippen LogP contribution in [0.25, 0.3) is 0 Å². The van der Waals surface area contributed by atoms with Gasteiger partial charge in [-0.3, -0.25) is 9.00 Å². The van der Waals surface area contributed by atoms with Crippen LogP contribution in [0.3, 0.4) is 0 Å². The third-order valence-corrected chi connectivity index (χ3v) is 5.73. The average molecular weight is 415 g/mol. The van der Waals surface area contributed by atoms with E-state index in [0.717, 1.165) is 0 Å². The molecule has 0 aliphatic heterocycles. The third kappa shape index (κ3) is 4.42. The highest BCUT2D eigenvalue weighted by atomic mass is 32.2. The second-order valence-electron chi connectivity index (χ2n) is 6.66. The van der Waals surface area contributed by atoms with E-state index in [1.165, 1.54) is 30.5 Å². The zero-order valence-electron chi connectivity index (χ0n) is 15.6. The minimum atomic E-state index is -2.60. The molecule has 3 rings (SSSR count). The van der Waals surface area contributed by atoms with E-state index in [1.807, 2.05) is 6.07 Å². The SMILES string of the molecule is CS(=O)c1cc(C#N)ccc1C(N)C1=C(Nc2cccc(C(F)F)c2)CCC1=O. The Kier molecular flexibility index (Phi) is 6.20. The summed E-state index contributed by atoms with van der Waals surface area (Å²) in [6, 6.07) is 11.6. The van der Waals surface area contributed by atoms with Crippen molar-refractivity contribution in [2.45, 2.75) is 30.2 Å². The predicted molar refractivity (Wildman–Crippen MR) is 107 cm³/mol. The number of halogens is 2. The van der Waals surface area contributed by atoms with Crippen LogP contribution in [0.15, 0.2) is 58.6 Å². The number of hydrogen-bond acceptors (Lipinski definition) is 5. The number of ketones is 1. The topological polar surface area (TPSA) is 96.0 Å². The molecule has 2 atom stereocenters. The van der Waals surface area contributed by atoms with Gasteiger partial charge in [0.2, 0.25) is 0 Å². The molecule has 8 heteroatoms. The molecule has 3 N–H and O–H groups in total. The molecule has 1 aliphatic rings. The van der Waals surface area contributed by atoms with Crippen LogP contribution in [-0.4, -0.2) is 16.2 Å². The lowest BCUT2D eigenvalue weighted by atomic mass is 9.96. The number of carbonyl (C=O) groups is 1. The second-order valence-corrected chi connectivity index (χ2v) is 8.01. The first kappa shape index (κ1) is 20.8. The lowest BCUT2D eigenvalue weighted by Crippen LogP contribution is -2.21. The number of anilines is 1. The van der Waals surface area contributed by atoms with Crippen molar-refractivity contribution in [2.75, 3.05) is 11.6 Å². The van der Waals surface area contributed by atoms with E-state index in [4.69, 9.17) is 11.0 Å². The summed E-state index contributed by atoms with van der Waals surface area (Å²) in [6.45, 7) is 0. The molecule has 0 spiro atoms. The minimum Gasteiger partial charge on any atom is -0.358 e. The van der Waals surface area contributed by atoms with Crippen molar-refractivity contribution in [3.05, 3.63) is 70.4 Å². The number of rotatable bonds is 6. The summed E-state index contributed by atoms with van der Waals surface area (Å²) in [4.78, 5) is 12.9. The number of nitrogens with one attached hydrogen (secondary N) is 1. The molecule has 5 nitrogen and oxygen atoms in total. The van der Waals surface area contributed by atoms with Crippen LogP contribution in [0.1, 0.15) is 42.0 Å². The number of allylic oxidation sites excluding steroid dienone is 1. The summed E-state index contributed by atoms with van der Waals surface area (Å²) in [5.41, 5.74) is 8.45. The Morgan fingerprint density at radius 2 is 1.97 bits per heavy atom. The molecule has 29 heavy (non-hydrogen) atoms. The monoisotopic (exact) mass is 415 g/mol. The number of nitriles is 1. The highest BCUT2D eigenvalue weighted by molar-refractivity contribution is 7.84. The van der Waals surface area contributed by atoms with Gasteiger partial charge in [0, 0.05) is 40.1 Å². The predicted octanol–water partition coefficient (Wildman–Crippen LogP) is 3.96. The molecule has 2 aromatic rings. The maximum atomic E-state index is 13.0. The fourth-order valence-corrected chi connectivity index (χ4v) is 4.18. The molecule has 0 aromatic heterocycles. The zero-order valence-corrected chi connectivity index (χ0v) is 16.4. The Morgan fingerprint density at radius 3 is 2.62 bits per heavy atom. The smallest absolute Gasteiger partial charge is 0.263 e. The van der Waals surface area contributed by atoms with Crippen molar-refractivity contribution in [2.24, 2.45) is 5.73 Å². The fourth-order valence-electron chi connectivity index (χ4n) is 3.36. The summed E-state index contributed by atoms with van der Waals surface area (Å²) < 4.78 is 38.1. The normalized spacial score (nSPS) is 16.1. The zero-order chi connectivity index (χ0) is 21.1. The van der Waals surface area contributed by atoms with Crippen LogP contribution in [0, 0.1) is 11.3 Å². The van der Waals surface area contributed by atoms with Crippen LogP contribution >= 0.6 is 0 Å². The Labute approximate surface area is 169 Å². The van der Waals surface area contributed by atoms with E-state index in [2.05, 4.69) is 5.32 Å². The van der Waals surface area contributed by atoms with Crippen molar-refractivity contribution in [1.29, 1.82) is 5.26 Å². The quantitative estimate of drug-likeness (QED) is 0.744. The number of nitrogens with zero attached hydrogens (tertiary/aromatic N) is 1. The molecular weight excluding hydrogens is 396 g/mol. The molecule has 0 saturated heterocycles. The molecule has 0 saturated carbocycles. The van der Waals surface area contributed by atoms with E-state index in [0.29, 0.717) is 39.4 Å². The highest BCUT2D eigenvalue weighted by Crippen LogP contribution is 2.35. The first-order valence-electron chi connectivity index (χ1n) is 8.86. The summed E-state index contributed by atoms with van der Waals surface area (Å²) in [7, 11) is -1.41.